The van der Waals surface area contributed by atoms with Crippen molar-refractivity contribution in [1.82, 2.24) is 4.98 Å². The summed E-state index contributed by atoms with van der Waals surface area (Å²) in [5, 5.41) is 1.35. The Labute approximate surface area is 162 Å². The first-order chi connectivity index (χ1) is 13.0. The number of para-hydroxylation sites is 1. The number of pyridine rings is 1. The summed E-state index contributed by atoms with van der Waals surface area (Å²) in [7, 11) is 0. The zero-order valence-corrected chi connectivity index (χ0v) is 15.9. The van der Waals surface area contributed by atoms with Crippen LogP contribution in [-0.4, -0.2) is 30.3 Å². The number of carbonyl (C=O) groups is 1. The lowest BCUT2D eigenvalue weighted by Crippen LogP contribution is -2.25. The van der Waals surface area contributed by atoms with Crippen LogP contribution in [0.2, 0.25) is 5.02 Å². The smallest absolute Gasteiger partial charge is 0.344 e. The number of rotatable bonds is 7. The van der Waals surface area contributed by atoms with E-state index in [9.17, 15) is 4.79 Å². The molecular formula is C21H20ClNO4. The number of nitrogens with zero attached hydrogens (tertiary/aromatic N) is 1. The fourth-order valence-electron chi connectivity index (χ4n) is 2.58. The van der Waals surface area contributed by atoms with Gasteiger partial charge in [0.05, 0.1) is 5.02 Å². The topological polar surface area (TPSA) is 57.7 Å². The van der Waals surface area contributed by atoms with Gasteiger partial charge in [-0.3, -0.25) is 4.98 Å². The molecule has 0 spiro atoms. The average Bonchev–Trinajstić information content (AvgIpc) is 2.67. The molecule has 0 aliphatic rings. The highest BCUT2D eigenvalue weighted by Crippen LogP contribution is 2.29. The molecule has 27 heavy (non-hydrogen) atoms. The summed E-state index contributed by atoms with van der Waals surface area (Å²) in [4.78, 5) is 16.3. The van der Waals surface area contributed by atoms with E-state index in [1.165, 1.54) is 0 Å². The van der Waals surface area contributed by atoms with E-state index in [0.717, 1.165) is 16.7 Å². The molecule has 140 valence electrons. The standard InChI is InChI=1S/C21H20ClNO4/c1-14-6-3-4-8-18(14)25-12-15(2)27-20(24)13-26-19-10-9-17(22)16-7-5-11-23-21(16)19/h3-11,15H,12-13H2,1-2H3. The number of aryl methyl sites for hydroxylation is 1. The lowest BCUT2D eigenvalue weighted by molar-refractivity contribution is -0.151. The number of halogens is 1. The lowest BCUT2D eigenvalue weighted by Gasteiger charge is -2.16. The number of fused-ring (bicyclic) bond motifs is 1. The molecule has 3 aromatic rings. The fourth-order valence-corrected chi connectivity index (χ4v) is 2.80. The maximum Gasteiger partial charge on any atom is 0.344 e. The third kappa shape index (κ3) is 4.89. The Kier molecular flexibility index (Phi) is 6.14. The van der Waals surface area contributed by atoms with Crippen molar-refractivity contribution >= 4 is 28.5 Å². The molecule has 0 aliphatic heterocycles. The number of hydrogen-bond acceptors (Lipinski definition) is 5. The molecule has 1 aromatic heterocycles. The molecule has 0 saturated heterocycles. The summed E-state index contributed by atoms with van der Waals surface area (Å²) in [6.07, 6.45) is 1.25. The van der Waals surface area contributed by atoms with E-state index in [-0.39, 0.29) is 13.2 Å². The summed E-state index contributed by atoms with van der Waals surface area (Å²) in [5.74, 6) is 0.779. The van der Waals surface area contributed by atoms with E-state index >= 15 is 0 Å². The SMILES string of the molecule is Cc1ccccc1OCC(C)OC(=O)COc1ccc(Cl)c2cccnc12. The van der Waals surface area contributed by atoms with Crippen LogP contribution in [0.1, 0.15) is 12.5 Å². The zero-order valence-electron chi connectivity index (χ0n) is 15.1. The molecule has 0 radical (unpaired) electrons. The molecule has 6 heteroatoms. The molecular weight excluding hydrogens is 366 g/mol. The first-order valence-electron chi connectivity index (χ1n) is 8.58. The molecule has 5 nitrogen and oxygen atoms in total. The van der Waals surface area contributed by atoms with Crippen LogP contribution in [0.15, 0.2) is 54.7 Å². The zero-order chi connectivity index (χ0) is 19.2. The van der Waals surface area contributed by atoms with Gasteiger partial charge in [0.15, 0.2) is 6.61 Å². The van der Waals surface area contributed by atoms with Gasteiger partial charge in [-0.25, -0.2) is 4.79 Å². The first kappa shape index (κ1) is 19.0. The summed E-state index contributed by atoms with van der Waals surface area (Å²) < 4.78 is 16.6. The van der Waals surface area contributed by atoms with Gasteiger partial charge < -0.3 is 14.2 Å². The van der Waals surface area contributed by atoms with Gasteiger partial charge in [-0.1, -0.05) is 29.8 Å². The van der Waals surface area contributed by atoms with Crippen molar-refractivity contribution in [2.45, 2.75) is 20.0 Å². The second-order valence-corrected chi connectivity index (χ2v) is 6.52. The number of ether oxygens (including phenoxy) is 3. The highest BCUT2D eigenvalue weighted by atomic mass is 35.5. The maximum atomic E-state index is 12.1. The van der Waals surface area contributed by atoms with Gasteiger partial charge >= 0.3 is 5.97 Å². The van der Waals surface area contributed by atoms with Crippen molar-refractivity contribution in [2.75, 3.05) is 13.2 Å². The van der Waals surface area contributed by atoms with E-state index in [1.807, 2.05) is 37.3 Å². The molecule has 1 heterocycles. The quantitative estimate of drug-likeness (QED) is 0.557. The Bertz CT molecular complexity index is 944. The number of aromatic nitrogens is 1. The van der Waals surface area contributed by atoms with E-state index in [2.05, 4.69) is 4.98 Å². The van der Waals surface area contributed by atoms with Crippen LogP contribution in [-0.2, 0) is 9.53 Å². The van der Waals surface area contributed by atoms with E-state index in [1.54, 1.807) is 31.3 Å². The predicted molar refractivity (Wildman–Crippen MR) is 104 cm³/mol. The van der Waals surface area contributed by atoms with Crippen LogP contribution in [0.3, 0.4) is 0 Å². The van der Waals surface area contributed by atoms with Gasteiger partial charge in [0.25, 0.3) is 0 Å². The van der Waals surface area contributed by atoms with Crippen LogP contribution in [0.5, 0.6) is 11.5 Å². The van der Waals surface area contributed by atoms with E-state index < -0.39 is 12.1 Å². The van der Waals surface area contributed by atoms with Crippen LogP contribution in [0, 0.1) is 6.92 Å². The van der Waals surface area contributed by atoms with Gasteiger partial charge in [-0.15, -0.1) is 0 Å². The number of esters is 1. The minimum absolute atomic E-state index is 0.220. The maximum absolute atomic E-state index is 12.1. The van der Waals surface area contributed by atoms with Crippen molar-refractivity contribution < 1.29 is 19.0 Å². The highest BCUT2D eigenvalue weighted by molar-refractivity contribution is 6.35. The summed E-state index contributed by atoms with van der Waals surface area (Å²) in [6.45, 7) is 3.78. The third-order valence-corrected chi connectivity index (χ3v) is 4.25. The summed E-state index contributed by atoms with van der Waals surface area (Å²) in [6, 6.07) is 14.7. The molecule has 1 unspecified atom stereocenters. The average molecular weight is 386 g/mol. The molecule has 0 amide bonds. The monoisotopic (exact) mass is 385 g/mol. The Morgan fingerprint density at radius 3 is 2.70 bits per heavy atom. The van der Waals surface area contributed by atoms with Gasteiger partial charge in [-0.05, 0) is 49.7 Å². The normalized spacial score (nSPS) is 11.8. The summed E-state index contributed by atoms with van der Waals surface area (Å²) >= 11 is 6.16. The lowest BCUT2D eigenvalue weighted by atomic mass is 10.2. The summed E-state index contributed by atoms with van der Waals surface area (Å²) in [5.41, 5.74) is 1.63. The largest absolute Gasteiger partial charge is 0.489 e. The minimum Gasteiger partial charge on any atom is -0.489 e. The van der Waals surface area contributed by atoms with Crippen LogP contribution < -0.4 is 9.47 Å². The molecule has 1 atom stereocenters. The predicted octanol–water partition coefficient (Wildman–Crippen LogP) is 4.59. The van der Waals surface area contributed by atoms with Crippen molar-refractivity contribution in [2.24, 2.45) is 0 Å². The molecule has 2 aromatic carbocycles. The fraction of sp³-hybridized carbons (Fsp3) is 0.238. The Morgan fingerprint density at radius 2 is 1.89 bits per heavy atom. The van der Waals surface area contributed by atoms with Gasteiger partial charge in [0.1, 0.15) is 29.7 Å². The molecule has 0 saturated carbocycles. The van der Waals surface area contributed by atoms with E-state index in [4.69, 9.17) is 25.8 Å². The van der Waals surface area contributed by atoms with Crippen LogP contribution in [0.25, 0.3) is 10.9 Å². The minimum atomic E-state index is -0.477. The number of carbonyl (C=O) groups excluding carboxylic acids is 1. The highest BCUT2D eigenvalue weighted by Gasteiger charge is 2.13. The van der Waals surface area contributed by atoms with Gasteiger partial charge in [0, 0.05) is 11.6 Å². The van der Waals surface area contributed by atoms with Crippen molar-refractivity contribution in [3.63, 3.8) is 0 Å². The number of hydrogen-bond donors (Lipinski definition) is 0. The first-order valence-corrected chi connectivity index (χ1v) is 8.96. The van der Waals surface area contributed by atoms with Crippen LogP contribution >= 0.6 is 11.6 Å². The van der Waals surface area contributed by atoms with Crippen molar-refractivity contribution in [3.8, 4) is 11.5 Å². The molecule has 0 N–H and O–H groups in total. The Balaban J connectivity index is 1.53. The van der Waals surface area contributed by atoms with Gasteiger partial charge in [-0.2, -0.15) is 0 Å². The van der Waals surface area contributed by atoms with Gasteiger partial charge in [0.2, 0.25) is 0 Å². The second-order valence-electron chi connectivity index (χ2n) is 6.11. The Hall–Kier alpha value is -2.79. The Morgan fingerprint density at radius 1 is 1.07 bits per heavy atom. The third-order valence-electron chi connectivity index (χ3n) is 3.92. The number of benzene rings is 2. The molecule has 0 aliphatic carbocycles. The second kappa shape index (κ2) is 8.73. The van der Waals surface area contributed by atoms with Crippen molar-refractivity contribution in [3.05, 3.63) is 65.3 Å². The molecule has 0 fully saturated rings. The van der Waals surface area contributed by atoms with Crippen LogP contribution in [0.4, 0.5) is 0 Å². The molecule has 0 bridgehead atoms. The van der Waals surface area contributed by atoms with E-state index in [0.29, 0.717) is 16.3 Å². The molecule has 3 rings (SSSR count). The van der Waals surface area contributed by atoms with Crippen molar-refractivity contribution in [1.29, 1.82) is 0 Å².